The molecule has 3 aromatic rings. The first-order chi connectivity index (χ1) is 14.3. The number of nitrogens with one attached hydrogen (secondary N) is 1. The number of nitrogens with zero attached hydrogens (tertiary/aromatic N) is 1. The van der Waals surface area contributed by atoms with Crippen LogP contribution in [0.25, 0.3) is 0 Å². The highest BCUT2D eigenvalue weighted by molar-refractivity contribution is 7.89. The Morgan fingerprint density at radius 2 is 1.73 bits per heavy atom. The van der Waals surface area contributed by atoms with E-state index >= 15 is 0 Å². The number of rotatable bonds is 7. The Balaban J connectivity index is 1.90. The molecule has 0 aliphatic rings. The molecule has 0 spiro atoms. The molecule has 7 heteroatoms. The van der Waals surface area contributed by atoms with Crippen molar-refractivity contribution in [2.24, 2.45) is 0 Å². The van der Waals surface area contributed by atoms with Crippen molar-refractivity contribution in [3.8, 4) is 5.75 Å². The topological polar surface area (TPSA) is 75.7 Å². The molecule has 0 saturated heterocycles. The van der Waals surface area contributed by atoms with E-state index in [1.807, 2.05) is 55.5 Å². The molecule has 0 aliphatic heterocycles. The van der Waals surface area contributed by atoms with Crippen molar-refractivity contribution >= 4 is 21.6 Å². The minimum atomic E-state index is -3.89. The smallest absolute Gasteiger partial charge is 0.255 e. The molecule has 0 atom stereocenters. The molecule has 1 amide bonds. The SMILES string of the molecule is COc1ccc(C(=O)Nc2cccc(C)c2)cc1S(=O)(=O)N(C)Cc1ccccc1. The van der Waals surface area contributed by atoms with Crippen LogP contribution in [0, 0.1) is 6.92 Å². The number of hydrogen-bond acceptors (Lipinski definition) is 4. The van der Waals surface area contributed by atoms with Crippen molar-refractivity contribution in [1.29, 1.82) is 0 Å². The van der Waals surface area contributed by atoms with E-state index in [1.165, 1.54) is 30.6 Å². The molecule has 6 nitrogen and oxygen atoms in total. The zero-order valence-electron chi connectivity index (χ0n) is 17.1. The monoisotopic (exact) mass is 424 g/mol. The summed E-state index contributed by atoms with van der Waals surface area (Å²) in [5, 5.41) is 2.80. The van der Waals surface area contributed by atoms with Crippen LogP contribution in [0.4, 0.5) is 5.69 Å². The minimum absolute atomic E-state index is 0.0553. The van der Waals surface area contributed by atoms with E-state index in [2.05, 4.69) is 5.32 Å². The Morgan fingerprint density at radius 1 is 1.00 bits per heavy atom. The average Bonchev–Trinajstić information content (AvgIpc) is 2.74. The third-order valence-corrected chi connectivity index (χ3v) is 6.46. The van der Waals surface area contributed by atoms with Crippen molar-refractivity contribution in [3.63, 3.8) is 0 Å². The summed E-state index contributed by atoms with van der Waals surface area (Å²) in [5.41, 5.74) is 2.73. The largest absolute Gasteiger partial charge is 0.495 e. The number of carbonyl (C=O) groups is 1. The number of aryl methyl sites for hydroxylation is 1. The summed E-state index contributed by atoms with van der Waals surface area (Å²) in [5.74, 6) is -0.215. The summed E-state index contributed by atoms with van der Waals surface area (Å²) in [6.45, 7) is 2.13. The molecule has 0 heterocycles. The summed E-state index contributed by atoms with van der Waals surface area (Å²) in [4.78, 5) is 12.6. The van der Waals surface area contributed by atoms with Crippen LogP contribution in [0.2, 0.25) is 0 Å². The molecule has 30 heavy (non-hydrogen) atoms. The van der Waals surface area contributed by atoms with E-state index in [1.54, 1.807) is 12.1 Å². The molecule has 156 valence electrons. The van der Waals surface area contributed by atoms with Crippen LogP contribution >= 0.6 is 0 Å². The average molecular weight is 425 g/mol. The third kappa shape index (κ3) is 4.87. The first kappa shape index (κ1) is 21.5. The first-order valence-electron chi connectivity index (χ1n) is 9.37. The molecule has 0 aromatic heterocycles. The summed E-state index contributed by atoms with van der Waals surface area (Å²) in [6, 6.07) is 21.1. The van der Waals surface area contributed by atoms with Gasteiger partial charge in [-0.3, -0.25) is 4.79 Å². The number of ether oxygens (including phenoxy) is 1. The zero-order chi connectivity index (χ0) is 21.7. The van der Waals surface area contributed by atoms with E-state index in [-0.39, 0.29) is 22.8 Å². The lowest BCUT2D eigenvalue weighted by molar-refractivity contribution is 0.102. The van der Waals surface area contributed by atoms with Gasteiger partial charge in [-0.05, 0) is 48.4 Å². The minimum Gasteiger partial charge on any atom is -0.495 e. The van der Waals surface area contributed by atoms with Crippen molar-refractivity contribution in [1.82, 2.24) is 4.31 Å². The maximum Gasteiger partial charge on any atom is 0.255 e. The Kier molecular flexibility index (Phi) is 6.54. The van der Waals surface area contributed by atoms with Gasteiger partial charge in [0.15, 0.2) is 0 Å². The van der Waals surface area contributed by atoms with Gasteiger partial charge in [0, 0.05) is 24.8 Å². The van der Waals surface area contributed by atoms with E-state index in [9.17, 15) is 13.2 Å². The van der Waals surface area contributed by atoms with Gasteiger partial charge in [-0.25, -0.2) is 8.42 Å². The second-order valence-corrected chi connectivity index (χ2v) is 8.95. The zero-order valence-corrected chi connectivity index (χ0v) is 17.9. The molecule has 3 aromatic carbocycles. The van der Waals surface area contributed by atoms with Crippen LogP contribution < -0.4 is 10.1 Å². The maximum atomic E-state index is 13.2. The number of carbonyl (C=O) groups excluding carboxylic acids is 1. The maximum absolute atomic E-state index is 13.2. The van der Waals surface area contributed by atoms with E-state index in [0.717, 1.165) is 11.1 Å². The van der Waals surface area contributed by atoms with Gasteiger partial charge in [-0.15, -0.1) is 0 Å². The fourth-order valence-electron chi connectivity index (χ4n) is 3.04. The molecule has 3 rings (SSSR count). The second kappa shape index (κ2) is 9.11. The molecule has 0 bridgehead atoms. The highest BCUT2D eigenvalue weighted by atomic mass is 32.2. The van der Waals surface area contributed by atoms with Crippen molar-refractivity contribution in [2.75, 3.05) is 19.5 Å². The van der Waals surface area contributed by atoms with Gasteiger partial charge in [0.05, 0.1) is 7.11 Å². The molecular formula is C23H24N2O4S. The van der Waals surface area contributed by atoms with Crippen LogP contribution in [0.15, 0.2) is 77.7 Å². The van der Waals surface area contributed by atoms with Crippen LogP contribution in [0.1, 0.15) is 21.5 Å². The lowest BCUT2D eigenvalue weighted by Crippen LogP contribution is -2.27. The molecule has 0 saturated carbocycles. The van der Waals surface area contributed by atoms with Gasteiger partial charge in [0.1, 0.15) is 10.6 Å². The highest BCUT2D eigenvalue weighted by Gasteiger charge is 2.26. The lowest BCUT2D eigenvalue weighted by Gasteiger charge is -2.19. The Hall–Kier alpha value is -3.16. The standard InChI is InChI=1S/C23H24N2O4S/c1-17-8-7-11-20(14-17)24-23(26)19-12-13-21(29-3)22(15-19)30(27,28)25(2)16-18-9-5-4-6-10-18/h4-15H,16H2,1-3H3,(H,24,26). The van der Waals surface area contributed by atoms with Gasteiger partial charge in [0.25, 0.3) is 5.91 Å². The molecular weight excluding hydrogens is 400 g/mol. The summed E-state index contributed by atoms with van der Waals surface area (Å²) in [7, 11) is -0.985. The summed E-state index contributed by atoms with van der Waals surface area (Å²) < 4.78 is 32.9. The van der Waals surface area contributed by atoms with Gasteiger partial charge < -0.3 is 10.1 Å². The molecule has 1 N–H and O–H groups in total. The van der Waals surface area contributed by atoms with Crippen molar-refractivity contribution in [2.45, 2.75) is 18.4 Å². The quantitative estimate of drug-likeness (QED) is 0.620. The van der Waals surface area contributed by atoms with Crippen molar-refractivity contribution < 1.29 is 17.9 Å². The number of hydrogen-bond donors (Lipinski definition) is 1. The number of sulfonamides is 1. The fourth-order valence-corrected chi connectivity index (χ4v) is 4.38. The normalized spacial score (nSPS) is 11.3. The Labute approximate surface area is 177 Å². The molecule has 0 fully saturated rings. The molecule has 0 aliphatic carbocycles. The van der Waals surface area contributed by atoms with Crippen molar-refractivity contribution in [3.05, 3.63) is 89.5 Å². The fraction of sp³-hybridized carbons (Fsp3) is 0.174. The Bertz CT molecular complexity index is 1140. The number of anilines is 1. The molecule has 0 unspecified atom stereocenters. The predicted octanol–water partition coefficient (Wildman–Crippen LogP) is 4.08. The predicted molar refractivity (Wildman–Crippen MR) is 117 cm³/mol. The Morgan fingerprint density at radius 3 is 2.40 bits per heavy atom. The number of amides is 1. The van der Waals surface area contributed by atoms with Crippen LogP contribution in [0.5, 0.6) is 5.75 Å². The van der Waals surface area contributed by atoms with E-state index in [0.29, 0.717) is 5.69 Å². The van der Waals surface area contributed by atoms with Gasteiger partial charge in [-0.2, -0.15) is 4.31 Å². The molecule has 0 radical (unpaired) electrons. The highest BCUT2D eigenvalue weighted by Crippen LogP contribution is 2.28. The van der Waals surface area contributed by atoms with E-state index < -0.39 is 15.9 Å². The first-order valence-corrected chi connectivity index (χ1v) is 10.8. The van der Waals surface area contributed by atoms with Gasteiger partial charge in [-0.1, -0.05) is 42.5 Å². The summed E-state index contributed by atoms with van der Waals surface area (Å²) in [6.07, 6.45) is 0. The van der Waals surface area contributed by atoms with Crippen LogP contribution in [-0.2, 0) is 16.6 Å². The van der Waals surface area contributed by atoms with E-state index in [4.69, 9.17) is 4.74 Å². The second-order valence-electron chi connectivity index (χ2n) is 6.94. The third-order valence-electron chi connectivity index (χ3n) is 4.64. The van der Waals surface area contributed by atoms with Gasteiger partial charge >= 0.3 is 0 Å². The number of methoxy groups -OCH3 is 1. The van der Waals surface area contributed by atoms with Gasteiger partial charge in [0.2, 0.25) is 10.0 Å². The van der Waals surface area contributed by atoms with Crippen LogP contribution in [0.3, 0.4) is 0 Å². The number of benzene rings is 3. The summed E-state index contributed by atoms with van der Waals surface area (Å²) >= 11 is 0. The van der Waals surface area contributed by atoms with Crippen LogP contribution in [-0.4, -0.2) is 32.8 Å². The lowest BCUT2D eigenvalue weighted by atomic mass is 10.2.